The summed E-state index contributed by atoms with van der Waals surface area (Å²) in [4.78, 5) is 26.3. The SMILES string of the molecule is O=C(O)C(CC(=O)N1CCCCCC1)c1cccc2ccccc12. The number of aliphatic carboxylic acids is 1. The van der Waals surface area contributed by atoms with Crippen molar-refractivity contribution in [1.29, 1.82) is 0 Å². The van der Waals surface area contributed by atoms with Gasteiger partial charge in [0.15, 0.2) is 0 Å². The first-order valence-corrected chi connectivity index (χ1v) is 8.65. The minimum Gasteiger partial charge on any atom is -0.481 e. The molecule has 1 saturated heterocycles. The number of carbonyl (C=O) groups excluding carboxylic acids is 1. The van der Waals surface area contributed by atoms with Crippen LogP contribution in [0.3, 0.4) is 0 Å². The molecular formula is C20H23NO3. The van der Waals surface area contributed by atoms with Crippen molar-refractivity contribution in [2.75, 3.05) is 13.1 Å². The molecule has 4 heteroatoms. The Bertz CT molecular complexity index is 727. The van der Waals surface area contributed by atoms with E-state index in [0.29, 0.717) is 0 Å². The number of rotatable bonds is 4. The molecule has 1 aliphatic rings. The third-order valence-corrected chi connectivity index (χ3v) is 4.83. The molecule has 3 rings (SSSR count). The molecule has 1 fully saturated rings. The van der Waals surface area contributed by atoms with E-state index in [0.717, 1.165) is 55.1 Å². The fourth-order valence-electron chi connectivity index (χ4n) is 3.51. The maximum absolute atomic E-state index is 12.6. The highest BCUT2D eigenvalue weighted by atomic mass is 16.4. The molecule has 1 heterocycles. The molecule has 1 atom stereocenters. The molecule has 0 saturated carbocycles. The van der Waals surface area contributed by atoms with Crippen molar-refractivity contribution >= 4 is 22.6 Å². The normalized spacial score (nSPS) is 16.6. The Morgan fingerprint density at radius 2 is 1.62 bits per heavy atom. The van der Waals surface area contributed by atoms with Gasteiger partial charge in [0.05, 0.1) is 5.92 Å². The summed E-state index contributed by atoms with van der Waals surface area (Å²) in [5.41, 5.74) is 0.726. The second kappa shape index (κ2) is 7.47. The van der Waals surface area contributed by atoms with Gasteiger partial charge in [-0.25, -0.2) is 0 Å². The highest BCUT2D eigenvalue weighted by Crippen LogP contribution is 2.29. The fourth-order valence-corrected chi connectivity index (χ4v) is 3.51. The lowest BCUT2D eigenvalue weighted by Crippen LogP contribution is -2.34. The first-order chi connectivity index (χ1) is 11.7. The average molecular weight is 325 g/mol. The van der Waals surface area contributed by atoms with E-state index >= 15 is 0 Å². The maximum Gasteiger partial charge on any atom is 0.311 e. The fraction of sp³-hybridized carbons (Fsp3) is 0.400. The van der Waals surface area contributed by atoms with Crippen LogP contribution in [-0.2, 0) is 9.59 Å². The standard InChI is InChI=1S/C20H23NO3/c22-19(21-12-5-1-2-6-13-21)14-18(20(23)24)17-11-7-9-15-8-3-4-10-16(15)17/h3-4,7-11,18H,1-2,5-6,12-14H2,(H,23,24). The summed E-state index contributed by atoms with van der Waals surface area (Å²) < 4.78 is 0. The second-order valence-corrected chi connectivity index (χ2v) is 6.46. The largest absolute Gasteiger partial charge is 0.481 e. The van der Waals surface area contributed by atoms with E-state index in [1.807, 2.05) is 47.4 Å². The molecule has 2 aromatic rings. The van der Waals surface area contributed by atoms with Crippen molar-refractivity contribution in [3.05, 3.63) is 48.0 Å². The van der Waals surface area contributed by atoms with Gasteiger partial charge in [-0.15, -0.1) is 0 Å². The summed E-state index contributed by atoms with van der Waals surface area (Å²) in [6.45, 7) is 1.50. The van der Waals surface area contributed by atoms with Crippen LogP contribution in [-0.4, -0.2) is 35.0 Å². The minimum atomic E-state index is -0.936. The van der Waals surface area contributed by atoms with E-state index in [9.17, 15) is 14.7 Å². The van der Waals surface area contributed by atoms with Gasteiger partial charge in [-0.05, 0) is 29.2 Å². The summed E-state index contributed by atoms with van der Waals surface area (Å²) in [6.07, 6.45) is 4.35. The summed E-state index contributed by atoms with van der Waals surface area (Å²) in [6, 6.07) is 13.4. The Balaban J connectivity index is 1.86. The Hall–Kier alpha value is -2.36. The molecule has 1 aliphatic heterocycles. The van der Waals surface area contributed by atoms with Crippen LogP contribution in [0.4, 0.5) is 0 Å². The van der Waals surface area contributed by atoms with Crippen LogP contribution >= 0.6 is 0 Å². The van der Waals surface area contributed by atoms with Crippen LogP contribution in [0, 0.1) is 0 Å². The van der Waals surface area contributed by atoms with Gasteiger partial charge in [0.25, 0.3) is 0 Å². The van der Waals surface area contributed by atoms with Crippen LogP contribution in [0.15, 0.2) is 42.5 Å². The number of carbonyl (C=O) groups is 2. The molecule has 4 nitrogen and oxygen atoms in total. The molecule has 2 aromatic carbocycles. The van der Waals surface area contributed by atoms with Gasteiger partial charge in [-0.3, -0.25) is 9.59 Å². The lowest BCUT2D eigenvalue weighted by Gasteiger charge is -2.23. The maximum atomic E-state index is 12.6. The number of likely N-dealkylation sites (tertiary alicyclic amines) is 1. The van der Waals surface area contributed by atoms with Crippen LogP contribution < -0.4 is 0 Å². The van der Waals surface area contributed by atoms with E-state index in [1.54, 1.807) is 0 Å². The van der Waals surface area contributed by atoms with Crippen molar-refractivity contribution in [3.63, 3.8) is 0 Å². The van der Waals surface area contributed by atoms with E-state index in [1.165, 1.54) is 0 Å². The smallest absolute Gasteiger partial charge is 0.311 e. The number of benzene rings is 2. The number of amides is 1. The highest BCUT2D eigenvalue weighted by Gasteiger charge is 2.27. The zero-order chi connectivity index (χ0) is 16.9. The number of carboxylic acid groups (broad SMARTS) is 1. The molecule has 1 unspecified atom stereocenters. The van der Waals surface area contributed by atoms with Crippen molar-refractivity contribution < 1.29 is 14.7 Å². The Morgan fingerprint density at radius 1 is 0.958 bits per heavy atom. The van der Waals surface area contributed by atoms with Crippen molar-refractivity contribution in [2.24, 2.45) is 0 Å². The van der Waals surface area contributed by atoms with Crippen molar-refractivity contribution in [2.45, 2.75) is 38.0 Å². The molecule has 0 aromatic heterocycles. The van der Waals surface area contributed by atoms with Crippen LogP contribution in [0.25, 0.3) is 10.8 Å². The van der Waals surface area contributed by atoms with Crippen LogP contribution in [0.2, 0.25) is 0 Å². The lowest BCUT2D eigenvalue weighted by molar-refractivity contribution is -0.142. The zero-order valence-electron chi connectivity index (χ0n) is 13.8. The van der Waals surface area contributed by atoms with E-state index in [2.05, 4.69) is 0 Å². The average Bonchev–Trinajstić information content (AvgIpc) is 2.88. The van der Waals surface area contributed by atoms with Crippen molar-refractivity contribution in [3.8, 4) is 0 Å². The van der Waals surface area contributed by atoms with E-state index < -0.39 is 11.9 Å². The molecule has 0 aliphatic carbocycles. The molecule has 0 spiro atoms. The van der Waals surface area contributed by atoms with E-state index in [-0.39, 0.29) is 12.3 Å². The van der Waals surface area contributed by atoms with Crippen molar-refractivity contribution in [1.82, 2.24) is 4.90 Å². The molecule has 1 amide bonds. The van der Waals surface area contributed by atoms with E-state index in [4.69, 9.17) is 0 Å². The molecule has 0 radical (unpaired) electrons. The zero-order valence-corrected chi connectivity index (χ0v) is 13.8. The monoisotopic (exact) mass is 325 g/mol. The topological polar surface area (TPSA) is 57.6 Å². The number of hydrogen-bond acceptors (Lipinski definition) is 2. The van der Waals surface area contributed by atoms with Gasteiger partial charge in [0.1, 0.15) is 0 Å². The number of fused-ring (bicyclic) bond motifs is 1. The highest BCUT2D eigenvalue weighted by molar-refractivity contribution is 5.93. The van der Waals surface area contributed by atoms with Gasteiger partial charge in [0.2, 0.25) is 5.91 Å². The third kappa shape index (κ3) is 3.58. The second-order valence-electron chi connectivity index (χ2n) is 6.46. The van der Waals surface area contributed by atoms with Gasteiger partial charge in [-0.2, -0.15) is 0 Å². The van der Waals surface area contributed by atoms with Gasteiger partial charge >= 0.3 is 5.97 Å². The van der Waals surface area contributed by atoms with Gasteiger partial charge in [-0.1, -0.05) is 55.3 Å². The summed E-state index contributed by atoms with van der Waals surface area (Å²) >= 11 is 0. The predicted octanol–water partition coefficient (Wildman–Crippen LogP) is 3.80. The molecule has 0 bridgehead atoms. The quantitative estimate of drug-likeness (QED) is 0.930. The summed E-state index contributed by atoms with van der Waals surface area (Å²) in [5.74, 6) is -1.78. The van der Waals surface area contributed by atoms with Gasteiger partial charge in [0, 0.05) is 19.5 Å². The number of carboxylic acids is 1. The first-order valence-electron chi connectivity index (χ1n) is 8.65. The summed E-state index contributed by atoms with van der Waals surface area (Å²) in [7, 11) is 0. The number of hydrogen-bond donors (Lipinski definition) is 1. The Morgan fingerprint density at radius 3 is 2.33 bits per heavy atom. The minimum absolute atomic E-state index is 0.0311. The Kier molecular flexibility index (Phi) is 5.14. The number of nitrogens with zero attached hydrogens (tertiary/aromatic N) is 1. The molecular weight excluding hydrogens is 302 g/mol. The van der Waals surface area contributed by atoms with Crippen LogP contribution in [0.1, 0.15) is 43.6 Å². The molecule has 24 heavy (non-hydrogen) atoms. The Labute approximate surface area is 142 Å². The third-order valence-electron chi connectivity index (χ3n) is 4.83. The molecule has 126 valence electrons. The predicted molar refractivity (Wildman–Crippen MR) is 94.0 cm³/mol. The van der Waals surface area contributed by atoms with Gasteiger partial charge < -0.3 is 10.0 Å². The summed E-state index contributed by atoms with van der Waals surface area (Å²) in [5, 5.41) is 11.6. The molecule has 1 N–H and O–H groups in total. The lowest BCUT2D eigenvalue weighted by atomic mass is 9.90. The first kappa shape index (κ1) is 16.5. The van der Waals surface area contributed by atoms with Crippen LogP contribution in [0.5, 0.6) is 0 Å².